The zero-order valence-corrected chi connectivity index (χ0v) is 15.8. The molecule has 0 saturated carbocycles. The minimum atomic E-state index is -1.09. The SMILES string of the molecule is CC1=NN(C(=O)CC(=O)Nc2ccccc2)C(=O)[C@H]1N=Nc1ccc(C(=O)O)cc1. The van der Waals surface area contributed by atoms with E-state index in [1.807, 2.05) is 0 Å². The van der Waals surface area contributed by atoms with E-state index in [1.165, 1.54) is 31.2 Å². The van der Waals surface area contributed by atoms with Crippen molar-refractivity contribution in [1.29, 1.82) is 0 Å². The van der Waals surface area contributed by atoms with E-state index in [0.717, 1.165) is 0 Å². The van der Waals surface area contributed by atoms with Crippen molar-refractivity contribution in [1.82, 2.24) is 5.01 Å². The summed E-state index contributed by atoms with van der Waals surface area (Å²) < 4.78 is 0. The molecule has 152 valence electrons. The molecular formula is C20H17N5O5. The molecule has 10 nitrogen and oxygen atoms in total. The lowest BCUT2D eigenvalue weighted by Crippen LogP contribution is -2.36. The van der Waals surface area contributed by atoms with Gasteiger partial charge in [-0.05, 0) is 43.3 Å². The summed E-state index contributed by atoms with van der Waals surface area (Å²) in [6.07, 6.45) is -0.558. The van der Waals surface area contributed by atoms with Crippen LogP contribution >= 0.6 is 0 Å². The summed E-state index contributed by atoms with van der Waals surface area (Å²) in [5.41, 5.74) is 1.22. The van der Waals surface area contributed by atoms with Crippen molar-refractivity contribution in [2.45, 2.75) is 19.4 Å². The molecule has 1 aliphatic rings. The fourth-order valence-electron chi connectivity index (χ4n) is 2.60. The summed E-state index contributed by atoms with van der Waals surface area (Å²) in [5.74, 6) is -3.14. The monoisotopic (exact) mass is 407 g/mol. The number of amides is 3. The van der Waals surface area contributed by atoms with Crippen LogP contribution in [-0.4, -0.2) is 45.6 Å². The van der Waals surface area contributed by atoms with Crippen LogP contribution in [0.3, 0.4) is 0 Å². The number of aromatic carboxylic acids is 1. The van der Waals surface area contributed by atoms with Crippen molar-refractivity contribution in [3.63, 3.8) is 0 Å². The Balaban J connectivity index is 1.62. The highest BCUT2D eigenvalue weighted by molar-refractivity contribution is 6.18. The van der Waals surface area contributed by atoms with E-state index >= 15 is 0 Å². The van der Waals surface area contributed by atoms with Gasteiger partial charge in [-0.25, -0.2) is 4.79 Å². The number of carboxylic acids is 1. The molecule has 1 aliphatic heterocycles. The summed E-state index contributed by atoms with van der Waals surface area (Å²) in [7, 11) is 0. The van der Waals surface area contributed by atoms with E-state index in [4.69, 9.17) is 5.11 Å². The van der Waals surface area contributed by atoms with E-state index in [1.54, 1.807) is 30.3 Å². The van der Waals surface area contributed by atoms with Crippen molar-refractivity contribution in [3.8, 4) is 0 Å². The zero-order chi connectivity index (χ0) is 21.7. The number of nitrogens with zero attached hydrogens (tertiary/aromatic N) is 4. The maximum atomic E-state index is 12.5. The molecular weight excluding hydrogens is 390 g/mol. The molecule has 0 aromatic heterocycles. The first-order chi connectivity index (χ1) is 14.3. The Morgan fingerprint density at radius 2 is 1.77 bits per heavy atom. The molecule has 0 unspecified atom stereocenters. The lowest BCUT2D eigenvalue weighted by Gasteiger charge is -2.10. The summed E-state index contributed by atoms with van der Waals surface area (Å²) in [6.45, 7) is 1.52. The Morgan fingerprint density at radius 3 is 2.40 bits per heavy atom. The average Bonchev–Trinajstić information content (AvgIpc) is 3.01. The molecule has 1 heterocycles. The second-order valence-corrected chi connectivity index (χ2v) is 6.35. The summed E-state index contributed by atoms with van der Waals surface area (Å²) in [6, 6.07) is 13.1. The molecule has 10 heteroatoms. The van der Waals surface area contributed by atoms with Crippen LogP contribution in [0.15, 0.2) is 69.9 Å². The fourth-order valence-corrected chi connectivity index (χ4v) is 2.60. The van der Waals surface area contributed by atoms with Gasteiger partial charge < -0.3 is 10.4 Å². The van der Waals surface area contributed by atoms with E-state index in [9.17, 15) is 19.2 Å². The maximum Gasteiger partial charge on any atom is 0.335 e. The first-order valence-electron chi connectivity index (χ1n) is 8.86. The number of imide groups is 1. The van der Waals surface area contributed by atoms with Gasteiger partial charge in [0, 0.05) is 5.69 Å². The van der Waals surface area contributed by atoms with Gasteiger partial charge in [0.15, 0.2) is 6.04 Å². The van der Waals surface area contributed by atoms with Crippen LogP contribution in [0.2, 0.25) is 0 Å². The van der Waals surface area contributed by atoms with E-state index in [2.05, 4.69) is 20.6 Å². The second kappa shape index (κ2) is 8.86. The lowest BCUT2D eigenvalue weighted by molar-refractivity contribution is -0.144. The van der Waals surface area contributed by atoms with Crippen LogP contribution in [0, 0.1) is 0 Å². The van der Waals surface area contributed by atoms with Crippen molar-refractivity contribution in [2.75, 3.05) is 5.32 Å². The number of hydrogen-bond acceptors (Lipinski definition) is 7. The number of carbonyl (C=O) groups is 4. The second-order valence-electron chi connectivity index (χ2n) is 6.35. The number of azo groups is 1. The molecule has 0 bridgehead atoms. The highest BCUT2D eigenvalue weighted by Gasteiger charge is 2.38. The fraction of sp³-hybridized carbons (Fsp3) is 0.150. The minimum Gasteiger partial charge on any atom is -0.478 e. The van der Waals surface area contributed by atoms with E-state index in [-0.39, 0.29) is 11.3 Å². The van der Waals surface area contributed by atoms with Crippen LogP contribution in [-0.2, 0) is 14.4 Å². The predicted molar refractivity (Wildman–Crippen MR) is 106 cm³/mol. The van der Waals surface area contributed by atoms with Gasteiger partial charge in [0.2, 0.25) is 5.91 Å². The smallest absolute Gasteiger partial charge is 0.335 e. The number of nitrogens with one attached hydrogen (secondary N) is 1. The van der Waals surface area contributed by atoms with Gasteiger partial charge >= 0.3 is 5.97 Å². The topological polar surface area (TPSA) is 141 Å². The van der Waals surface area contributed by atoms with Crippen molar-refractivity contribution in [2.24, 2.45) is 15.3 Å². The summed E-state index contributed by atoms with van der Waals surface area (Å²) in [4.78, 5) is 47.7. The van der Waals surface area contributed by atoms with Gasteiger partial charge in [0.05, 0.1) is 17.0 Å². The van der Waals surface area contributed by atoms with Crippen molar-refractivity contribution in [3.05, 3.63) is 60.2 Å². The van der Waals surface area contributed by atoms with Gasteiger partial charge in [-0.1, -0.05) is 18.2 Å². The molecule has 0 fully saturated rings. The Kier molecular flexibility index (Phi) is 6.06. The molecule has 3 rings (SSSR count). The quantitative estimate of drug-likeness (QED) is 0.559. The van der Waals surface area contributed by atoms with Gasteiger partial charge in [-0.2, -0.15) is 20.3 Å². The zero-order valence-electron chi connectivity index (χ0n) is 15.8. The number of anilines is 1. The number of hydrazone groups is 1. The third kappa shape index (κ3) is 4.79. The van der Waals surface area contributed by atoms with Crippen LogP contribution in [0.1, 0.15) is 23.7 Å². The van der Waals surface area contributed by atoms with Crippen LogP contribution in [0.5, 0.6) is 0 Å². The first-order valence-corrected chi connectivity index (χ1v) is 8.86. The third-order valence-corrected chi connectivity index (χ3v) is 4.10. The van der Waals surface area contributed by atoms with Crippen LogP contribution < -0.4 is 5.32 Å². The van der Waals surface area contributed by atoms with Gasteiger partial charge in [-0.15, -0.1) is 0 Å². The number of carboxylic acid groups (broad SMARTS) is 1. The van der Waals surface area contributed by atoms with E-state index in [0.29, 0.717) is 16.4 Å². The van der Waals surface area contributed by atoms with Gasteiger partial charge in [0.25, 0.3) is 11.8 Å². The normalized spacial score (nSPS) is 15.9. The third-order valence-electron chi connectivity index (χ3n) is 4.10. The molecule has 0 spiro atoms. The van der Waals surface area contributed by atoms with Gasteiger partial charge in [0.1, 0.15) is 6.42 Å². The largest absolute Gasteiger partial charge is 0.478 e. The Hall–Kier alpha value is -4.21. The summed E-state index contributed by atoms with van der Waals surface area (Å²) >= 11 is 0. The first kappa shape index (κ1) is 20.5. The molecule has 0 radical (unpaired) electrons. The summed E-state index contributed by atoms with van der Waals surface area (Å²) in [5, 5.41) is 23.8. The predicted octanol–water partition coefficient (Wildman–Crippen LogP) is 2.61. The molecule has 2 aromatic rings. The highest BCUT2D eigenvalue weighted by atomic mass is 16.4. The van der Waals surface area contributed by atoms with Crippen molar-refractivity contribution < 1.29 is 24.3 Å². The van der Waals surface area contributed by atoms with Gasteiger partial charge in [-0.3, -0.25) is 14.4 Å². The van der Waals surface area contributed by atoms with Crippen LogP contribution in [0.25, 0.3) is 0 Å². The van der Waals surface area contributed by atoms with E-state index < -0.39 is 36.2 Å². The number of hydrogen-bond donors (Lipinski definition) is 2. The lowest BCUT2D eigenvalue weighted by atomic mass is 10.2. The Labute approximate surface area is 170 Å². The molecule has 2 N–H and O–H groups in total. The number of para-hydroxylation sites is 1. The molecule has 30 heavy (non-hydrogen) atoms. The number of carbonyl (C=O) groups excluding carboxylic acids is 3. The molecule has 2 aromatic carbocycles. The average molecular weight is 407 g/mol. The molecule has 0 saturated heterocycles. The number of benzene rings is 2. The molecule has 3 amide bonds. The van der Waals surface area contributed by atoms with Crippen LogP contribution in [0.4, 0.5) is 11.4 Å². The Morgan fingerprint density at radius 1 is 1.10 bits per heavy atom. The highest BCUT2D eigenvalue weighted by Crippen LogP contribution is 2.19. The maximum absolute atomic E-state index is 12.5. The standard InChI is InChI=1S/C20H17N5O5/c1-12-18(23-22-15-9-7-13(8-10-15)20(29)30)19(28)25(24-12)17(27)11-16(26)21-14-5-3-2-4-6-14/h2-10,18H,11H2,1H3,(H,21,26)(H,29,30)/t18-/m0/s1. The minimum absolute atomic E-state index is 0.0918. The molecule has 0 aliphatic carbocycles. The number of rotatable bonds is 6. The Bertz CT molecular complexity index is 1050. The van der Waals surface area contributed by atoms with Crippen molar-refractivity contribution >= 4 is 40.8 Å². The molecule has 1 atom stereocenters.